The van der Waals surface area contributed by atoms with Crippen molar-refractivity contribution in [1.82, 2.24) is 14.8 Å². The zero-order chi connectivity index (χ0) is 12.3. The zero-order valence-electron chi connectivity index (χ0n) is 9.87. The molecule has 1 atom stereocenters. The first-order chi connectivity index (χ1) is 8.19. The molecule has 4 nitrogen and oxygen atoms in total. The Kier molecular flexibility index (Phi) is 3.81. The maximum absolute atomic E-state index is 9.63. The van der Waals surface area contributed by atoms with E-state index >= 15 is 0 Å². The molecule has 0 aliphatic heterocycles. The molecule has 0 radical (unpaired) electrons. The summed E-state index contributed by atoms with van der Waals surface area (Å²) in [4.78, 5) is 6.38. The van der Waals surface area contributed by atoms with Crippen LogP contribution in [0.5, 0.6) is 0 Å². The Balaban J connectivity index is 2.08. The van der Waals surface area contributed by atoms with Crippen LogP contribution in [0.2, 0.25) is 0 Å². The summed E-state index contributed by atoms with van der Waals surface area (Å²) in [6.07, 6.45) is 5.78. The van der Waals surface area contributed by atoms with Gasteiger partial charge in [0, 0.05) is 24.3 Å². The highest BCUT2D eigenvalue weighted by atomic mass is 32.2. The van der Waals surface area contributed by atoms with Crippen LogP contribution in [0, 0.1) is 0 Å². The molecule has 1 N–H and O–H groups in total. The fraction of sp³-hybridized carbons (Fsp3) is 0.333. The number of nitrogens with zero attached hydrogens (tertiary/aromatic N) is 3. The van der Waals surface area contributed by atoms with Crippen molar-refractivity contribution in [2.24, 2.45) is 7.05 Å². The number of hydrogen-bond donors (Lipinski definition) is 1. The Labute approximate surface area is 105 Å². The molecule has 2 heterocycles. The molecule has 1 unspecified atom stereocenters. The van der Waals surface area contributed by atoms with Crippen LogP contribution in [0.15, 0.2) is 40.5 Å². The van der Waals surface area contributed by atoms with E-state index in [4.69, 9.17) is 0 Å². The van der Waals surface area contributed by atoms with E-state index in [0.717, 1.165) is 15.5 Å². The molecule has 2 aromatic heterocycles. The molecule has 0 aliphatic rings. The minimum absolute atomic E-state index is 0.465. The third-order valence-electron chi connectivity index (χ3n) is 2.40. The molecular formula is C12H15N3OS. The van der Waals surface area contributed by atoms with Gasteiger partial charge in [-0.05, 0) is 18.6 Å². The Morgan fingerprint density at radius 2 is 2.18 bits per heavy atom. The number of aliphatic hydroxyl groups excluding tert-OH is 1. The largest absolute Gasteiger partial charge is 0.387 e. The number of rotatable bonds is 4. The minimum atomic E-state index is -0.465. The summed E-state index contributed by atoms with van der Waals surface area (Å²) >= 11 is 1.61. The van der Waals surface area contributed by atoms with E-state index in [2.05, 4.69) is 10.1 Å². The molecule has 0 spiro atoms. The van der Waals surface area contributed by atoms with Gasteiger partial charge in [0.1, 0.15) is 0 Å². The van der Waals surface area contributed by atoms with Crippen LogP contribution >= 0.6 is 11.8 Å². The SMILES string of the molecule is CCC(O)c1ccc(Sc2cnn(C)c2)cn1. The van der Waals surface area contributed by atoms with Gasteiger partial charge < -0.3 is 5.11 Å². The van der Waals surface area contributed by atoms with Gasteiger partial charge in [0.2, 0.25) is 0 Å². The van der Waals surface area contributed by atoms with Crippen molar-refractivity contribution in [3.8, 4) is 0 Å². The van der Waals surface area contributed by atoms with Crippen LogP contribution in [0.4, 0.5) is 0 Å². The number of aryl methyl sites for hydroxylation is 1. The topological polar surface area (TPSA) is 50.9 Å². The van der Waals surface area contributed by atoms with E-state index < -0.39 is 6.10 Å². The second kappa shape index (κ2) is 5.33. The zero-order valence-corrected chi connectivity index (χ0v) is 10.7. The van der Waals surface area contributed by atoms with Crippen LogP contribution in [0.25, 0.3) is 0 Å². The lowest BCUT2D eigenvalue weighted by molar-refractivity contribution is 0.169. The van der Waals surface area contributed by atoms with E-state index in [1.54, 1.807) is 22.6 Å². The lowest BCUT2D eigenvalue weighted by atomic mass is 10.2. The molecule has 0 bridgehead atoms. The number of aliphatic hydroxyl groups is 1. The van der Waals surface area contributed by atoms with Gasteiger partial charge in [-0.3, -0.25) is 9.67 Å². The molecule has 0 aromatic carbocycles. The van der Waals surface area contributed by atoms with Crippen molar-refractivity contribution >= 4 is 11.8 Å². The summed E-state index contributed by atoms with van der Waals surface area (Å²) in [5, 5.41) is 13.7. The van der Waals surface area contributed by atoms with Crippen LogP contribution in [-0.2, 0) is 7.05 Å². The Morgan fingerprint density at radius 1 is 1.35 bits per heavy atom. The normalized spacial score (nSPS) is 12.6. The first-order valence-electron chi connectivity index (χ1n) is 5.49. The molecule has 0 aliphatic carbocycles. The number of aromatic nitrogens is 3. The van der Waals surface area contributed by atoms with Crippen LogP contribution in [-0.4, -0.2) is 19.9 Å². The van der Waals surface area contributed by atoms with Gasteiger partial charge in [0.25, 0.3) is 0 Å². The van der Waals surface area contributed by atoms with E-state index in [1.807, 2.05) is 38.5 Å². The Morgan fingerprint density at radius 3 is 2.71 bits per heavy atom. The number of pyridine rings is 1. The molecular weight excluding hydrogens is 234 g/mol. The smallest absolute Gasteiger partial charge is 0.0957 e. The van der Waals surface area contributed by atoms with E-state index in [1.165, 1.54) is 0 Å². The van der Waals surface area contributed by atoms with Crippen LogP contribution in [0.3, 0.4) is 0 Å². The summed E-state index contributed by atoms with van der Waals surface area (Å²) < 4.78 is 1.77. The van der Waals surface area contributed by atoms with Crippen molar-refractivity contribution in [2.75, 3.05) is 0 Å². The molecule has 0 amide bonds. The summed E-state index contributed by atoms with van der Waals surface area (Å²) in [7, 11) is 1.89. The van der Waals surface area contributed by atoms with Crippen molar-refractivity contribution in [1.29, 1.82) is 0 Å². The average molecular weight is 249 g/mol. The molecule has 90 valence electrons. The highest BCUT2D eigenvalue weighted by Gasteiger charge is 2.06. The molecule has 2 aromatic rings. The number of hydrogen-bond acceptors (Lipinski definition) is 4. The quantitative estimate of drug-likeness (QED) is 0.904. The summed E-state index contributed by atoms with van der Waals surface area (Å²) in [6, 6.07) is 3.84. The molecule has 0 saturated heterocycles. The van der Waals surface area contributed by atoms with Gasteiger partial charge in [0.15, 0.2) is 0 Å². The average Bonchev–Trinajstić information content (AvgIpc) is 2.75. The molecule has 17 heavy (non-hydrogen) atoms. The molecule has 2 rings (SSSR count). The van der Waals surface area contributed by atoms with Gasteiger partial charge >= 0.3 is 0 Å². The van der Waals surface area contributed by atoms with Gasteiger partial charge in [-0.2, -0.15) is 5.10 Å². The summed E-state index contributed by atoms with van der Waals surface area (Å²) in [6.45, 7) is 1.94. The first-order valence-corrected chi connectivity index (χ1v) is 6.31. The van der Waals surface area contributed by atoms with E-state index in [0.29, 0.717) is 6.42 Å². The molecule has 5 heteroatoms. The molecule has 0 saturated carbocycles. The third-order valence-corrected chi connectivity index (χ3v) is 3.33. The summed E-state index contributed by atoms with van der Waals surface area (Å²) in [5.74, 6) is 0. The van der Waals surface area contributed by atoms with Crippen LogP contribution < -0.4 is 0 Å². The van der Waals surface area contributed by atoms with E-state index in [-0.39, 0.29) is 0 Å². The highest BCUT2D eigenvalue weighted by molar-refractivity contribution is 7.99. The Hall–Kier alpha value is -1.33. The summed E-state index contributed by atoms with van der Waals surface area (Å²) in [5.41, 5.74) is 0.725. The fourth-order valence-electron chi connectivity index (χ4n) is 1.45. The van der Waals surface area contributed by atoms with Gasteiger partial charge in [-0.15, -0.1) is 0 Å². The maximum Gasteiger partial charge on any atom is 0.0957 e. The fourth-order valence-corrected chi connectivity index (χ4v) is 2.26. The second-order valence-corrected chi connectivity index (χ2v) is 4.94. The van der Waals surface area contributed by atoms with Crippen LogP contribution in [0.1, 0.15) is 25.1 Å². The van der Waals surface area contributed by atoms with Gasteiger partial charge in [-0.1, -0.05) is 18.7 Å². The predicted molar refractivity (Wildman–Crippen MR) is 66.8 cm³/mol. The van der Waals surface area contributed by atoms with Crippen molar-refractivity contribution in [2.45, 2.75) is 29.2 Å². The lowest BCUT2D eigenvalue weighted by Gasteiger charge is -2.07. The molecule has 0 fully saturated rings. The van der Waals surface area contributed by atoms with Gasteiger partial charge in [0.05, 0.1) is 22.9 Å². The highest BCUT2D eigenvalue weighted by Crippen LogP contribution is 2.27. The van der Waals surface area contributed by atoms with Crippen molar-refractivity contribution in [3.63, 3.8) is 0 Å². The third kappa shape index (κ3) is 3.08. The van der Waals surface area contributed by atoms with Gasteiger partial charge in [-0.25, -0.2) is 0 Å². The van der Waals surface area contributed by atoms with E-state index in [9.17, 15) is 5.11 Å². The lowest BCUT2D eigenvalue weighted by Crippen LogP contribution is -1.97. The van der Waals surface area contributed by atoms with Crippen molar-refractivity contribution in [3.05, 3.63) is 36.4 Å². The predicted octanol–water partition coefficient (Wildman–Crippen LogP) is 2.41. The minimum Gasteiger partial charge on any atom is -0.387 e. The second-order valence-electron chi connectivity index (χ2n) is 3.79. The van der Waals surface area contributed by atoms with Crippen molar-refractivity contribution < 1.29 is 5.11 Å². The Bertz CT molecular complexity index is 481. The maximum atomic E-state index is 9.63. The standard InChI is InChI=1S/C12H15N3OS/c1-3-12(16)11-5-4-9(6-13-11)17-10-7-14-15(2)8-10/h4-8,12,16H,3H2,1-2H3. The monoisotopic (exact) mass is 249 g/mol. The first kappa shape index (κ1) is 12.1.